The minimum Gasteiger partial charge on any atom is -0.456 e. The van der Waals surface area contributed by atoms with Crippen LogP contribution in [0.25, 0.3) is 0 Å². The van der Waals surface area contributed by atoms with Crippen molar-refractivity contribution in [3.63, 3.8) is 0 Å². The number of carbonyl (C=O) groups is 1. The van der Waals surface area contributed by atoms with Gasteiger partial charge < -0.3 is 10.5 Å². The van der Waals surface area contributed by atoms with Crippen molar-refractivity contribution in [1.29, 1.82) is 0 Å². The zero-order chi connectivity index (χ0) is 15.6. The molecule has 2 N–H and O–H groups in total. The van der Waals surface area contributed by atoms with E-state index in [2.05, 4.69) is 5.10 Å². The van der Waals surface area contributed by atoms with Gasteiger partial charge in [0.15, 0.2) is 0 Å². The highest BCUT2D eigenvalue weighted by Gasteiger charge is 2.16. The lowest BCUT2D eigenvalue weighted by atomic mass is 10.1. The van der Waals surface area contributed by atoms with Crippen molar-refractivity contribution < 1.29 is 9.53 Å². The molecule has 5 nitrogen and oxygen atoms in total. The van der Waals surface area contributed by atoms with Crippen molar-refractivity contribution in [1.82, 2.24) is 9.78 Å². The lowest BCUT2D eigenvalue weighted by molar-refractivity contribution is 0.0463. The molecular weight excluding hydrogens is 290 g/mol. The fourth-order valence-electron chi connectivity index (χ4n) is 2.05. The number of carbonyl (C=O) groups excluding carboxylic acids is 1. The van der Waals surface area contributed by atoms with Crippen LogP contribution in [0, 0.1) is 6.92 Å². The summed E-state index contributed by atoms with van der Waals surface area (Å²) in [5.41, 5.74) is 8.99. The second kappa shape index (κ2) is 6.18. The van der Waals surface area contributed by atoms with Gasteiger partial charge in [-0.1, -0.05) is 24.6 Å². The first-order chi connectivity index (χ1) is 9.93. The molecule has 0 spiro atoms. The van der Waals surface area contributed by atoms with E-state index in [-0.39, 0.29) is 6.61 Å². The summed E-state index contributed by atoms with van der Waals surface area (Å²) in [6.07, 6.45) is 0.731. The normalized spacial score (nSPS) is 10.7. The van der Waals surface area contributed by atoms with Crippen molar-refractivity contribution in [2.75, 3.05) is 5.73 Å². The fraction of sp³-hybridized carbons (Fsp3) is 0.333. The molecule has 0 amide bonds. The molecule has 0 aliphatic rings. The van der Waals surface area contributed by atoms with E-state index in [0.29, 0.717) is 22.0 Å². The number of aryl methyl sites for hydroxylation is 3. The summed E-state index contributed by atoms with van der Waals surface area (Å²) in [7, 11) is 1.78. The van der Waals surface area contributed by atoms with E-state index in [0.717, 1.165) is 17.7 Å². The van der Waals surface area contributed by atoms with Crippen LogP contribution in [0.2, 0.25) is 5.02 Å². The molecule has 0 atom stereocenters. The molecule has 1 heterocycles. The maximum absolute atomic E-state index is 12.1. The molecule has 0 saturated heterocycles. The van der Waals surface area contributed by atoms with Gasteiger partial charge in [0.25, 0.3) is 0 Å². The summed E-state index contributed by atoms with van der Waals surface area (Å²) >= 11 is 6.22. The van der Waals surface area contributed by atoms with Gasteiger partial charge in [0.2, 0.25) is 0 Å². The summed E-state index contributed by atoms with van der Waals surface area (Å²) in [6, 6.07) is 5.15. The minimum absolute atomic E-state index is 0.0788. The number of rotatable bonds is 4. The van der Waals surface area contributed by atoms with Crippen LogP contribution in [0.15, 0.2) is 18.2 Å². The number of nitrogens with two attached hydrogens (primary N) is 1. The predicted molar refractivity (Wildman–Crippen MR) is 82.3 cm³/mol. The topological polar surface area (TPSA) is 70.1 Å². The van der Waals surface area contributed by atoms with Gasteiger partial charge in [-0.05, 0) is 31.0 Å². The lowest BCUT2D eigenvalue weighted by Gasteiger charge is -2.08. The number of ether oxygens (including phenoxy) is 1. The Hall–Kier alpha value is -2.01. The zero-order valence-electron chi connectivity index (χ0n) is 12.3. The van der Waals surface area contributed by atoms with Crippen molar-refractivity contribution in [2.45, 2.75) is 26.9 Å². The van der Waals surface area contributed by atoms with Crippen LogP contribution in [-0.4, -0.2) is 15.7 Å². The van der Waals surface area contributed by atoms with Crippen LogP contribution < -0.4 is 5.73 Å². The second-order valence-electron chi connectivity index (χ2n) is 4.84. The number of hydrogen-bond acceptors (Lipinski definition) is 4. The average Bonchev–Trinajstić information content (AvgIpc) is 2.73. The minimum atomic E-state index is -0.421. The first-order valence-corrected chi connectivity index (χ1v) is 7.05. The predicted octanol–water partition coefficient (Wildman–Crippen LogP) is 2.88. The zero-order valence-corrected chi connectivity index (χ0v) is 13.1. The summed E-state index contributed by atoms with van der Waals surface area (Å²) in [5, 5.41) is 4.84. The molecule has 0 fully saturated rings. The van der Waals surface area contributed by atoms with E-state index in [1.54, 1.807) is 29.9 Å². The monoisotopic (exact) mass is 307 g/mol. The maximum atomic E-state index is 12.1. The number of nitrogen functional groups attached to an aromatic ring is 1. The molecule has 21 heavy (non-hydrogen) atoms. The van der Waals surface area contributed by atoms with Gasteiger partial charge >= 0.3 is 5.97 Å². The van der Waals surface area contributed by atoms with Crippen LogP contribution in [0.5, 0.6) is 0 Å². The largest absolute Gasteiger partial charge is 0.456 e. The van der Waals surface area contributed by atoms with Crippen molar-refractivity contribution >= 4 is 23.3 Å². The molecule has 0 bridgehead atoms. The van der Waals surface area contributed by atoms with Gasteiger partial charge in [-0.25, -0.2) is 4.79 Å². The highest BCUT2D eigenvalue weighted by molar-refractivity contribution is 6.31. The number of aromatic nitrogens is 2. The standard InChI is InChI=1S/C15H18ClN3O2/c1-4-12-14(16)13(19(3)18-12)8-21-15(20)11-7-10(17)6-5-9(11)2/h5-7H,4,8,17H2,1-3H3. The molecule has 6 heteroatoms. The third kappa shape index (κ3) is 3.19. The van der Waals surface area contributed by atoms with Crippen LogP contribution in [0.4, 0.5) is 5.69 Å². The highest BCUT2D eigenvalue weighted by atomic mass is 35.5. The number of esters is 1. The Labute approximate surface area is 128 Å². The summed E-state index contributed by atoms with van der Waals surface area (Å²) < 4.78 is 6.97. The van der Waals surface area contributed by atoms with Crippen LogP contribution in [0.3, 0.4) is 0 Å². The van der Waals surface area contributed by atoms with E-state index in [4.69, 9.17) is 22.1 Å². The highest BCUT2D eigenvalue weighted by Crippen LogP contribution is 2.22. The lowest BCUT2D eigenvalue weighted by Crippen LogP contribution is -2.10. The third-order valence-corrected chi connectivity index (χ3v) is 3.76. The molecule has 0 aliphatic carbocycles. The summed E-state index contributed by atoms with van der Waals surface area (Å²) in [6.45, 7) is 3.89. The van der Waals surface area contributed by atoms with E-state index >= 15 is 0 Å². The maximum Gasteiger partial charge on any atom is 0.338 e. The number of benzene rings is 1. The van der Waals surface area contributed by atoms with Gasteiger partial charge in [-0.2, -0.15) is 5.10 Å². The van der Waals surface area contributed by atoms with Crippen LogP contribution in [0.1, 0.15) is 34.2 Å². The van der Waals surface area contributed by atoms with Gasteiger partial charge in [0, 0.05) is 12.7 Å². The van der Waals surface area contributed by atoms with E-state index < -0.39 is 5.97 Å². The molecule has 0 aliphatic heterocycles. The molecule has 1 aromatic heterocycles. The Morgan fingerprint density at radius 2 is 2.19 bits per heavy atom. The Kier molecular flexibility index (Phi) is 4.53. The van der Waals surface area contributed by atoms with Gasteiger partial charge in [-0.3, -0.25) is 4.68 Å². The molecule has 0 unspecified atom stereocenters. The number of nitrogens with zero attached hydrogens (tertiary/aromatic N) is 2. The molecular formula is C15H18ClN3O2. The molecule has 2 aromatic rings. The van der Waals surface area contributed by atoms with Crippen LogP contribution >= 0.6 is 11.6 Å². The third-order valence-electron chi connectivity index (χ3n) is 3.32. The first kappa shape index (κ1) is 15.4. The smallest absolute Gasteiger partial charge is 0.338 e. The molecule has 0 radical (unpaired) electrons. The summed E-state index contributed by atoms with van der Waals surface area (Å²) in [4.78, 5) is 12.1. The number of anilines is 1. The Bertz CT molecular complexity index is 680. The van der Waals surface area contributed by atoms with Crippen molar-refractivity contribution in [3.05, 3.63) is 45.7 Å². The van der Waals surface area contributed by atoms with E-state index in [1.165, 1.54) is 0 Å². The molecule has 112 valence electrons. The van der Waals surface area contributed by atoms with Gasteiger partial charge in [-0.15, -0.1) is 0 Å². The van der Waals surface area contributed by atoms with E-state index in [1.807, 2.05) is 13.8 Å². The molecule has 1 aromatic carbocycles. The molecule has 2 rings (SSSR count). The Morgan fingerprint density at radius 3 is 2.81 bits per heavy atom. The van der Waals surface area contributed by atoms with Crippen molar-refractivity contribution in [3.8, 4) is 0 Å². The SMILES string of the molecule is CCc1nn(C)c(COC(=O)c2cc(N)ccc2C)c1Cl. The van der Waals surface area contributed by atoms with E-state index in [9.17, 15) is 4.79 Å². The quantitative estimate of drug-likeness (QED) is 0.696. The van der Waals surface area contributed by atoms with Gasteiger partial charge in [0.05, 0.1) is 22.0 Å². The van der Waals surface area contributed by atoms with Gasteiger partial charge in [0.1, 0.15) is 6.61 Å². The van der Waals surface area contributed by atoms with Crippen molar-refractivity contribution in [2.24, 2.45) is 7.05 Å². The number of hydrogen-bond donors (Lipinski definition) is 1. The average molecular weight is 308 g/mol. The number of halogens is 1. The Balaban J connectivity index is 2.15. The summed E-state index contributed by atoms with van der Waals surface area (Å²) in [5.74, 6) is -0.421. The first-order valence-electron chi connectivity index (χ1n) is 6.67. The van der Waals surface area contributed by atoms with Crippen LogP contribution in [-0.2, 0) is 24.8 Å². The fourth-order valence-corrected chi connectivity index (χ4v) is 2.40. The second-order valence-corrected chi connectivity index (χ2v) is 5.21. The molecule has 0 saturated carbocycles. The Morgan fingerprint density at radius 1 is 1.48 bits per heavy atom.